The average Bonchev–Trinajstić information content (AvgIpc) is 3.12. The van der Waals surface area contributed by atoms with Gasteiger partial charge in [-0.1, -0.05) is 28.1 Å². The summed E-state index contributed by atoms with van der Waals surface area (Å²) in [6.07, 6.45) is -4.33. The Morgan fingerprint density at radius 3 is 2.87 bits per heavy atom. The minimum absolute atomic E-state index is 0.0938. The first-order chi connectivity index (χ1) is 10.9. The lowest BCUT2D eigenvalue weighted by atomic mass is 10.1. The van der Waals surface area contributed by atoms with E-state index in [2.05, 4.69) is 20.5 Å². The lowest BCUT2D eigenvalue weighted by Crippen LogP contribution is -2.11. The molecule has 0 unspecified atom stereocenters. The molecule has 0 atom stereocenters. The number of hydrogen-bond acceptors (Lipinski definition) is 6. The van der Waals surface area contributed by atoms with Gasteiger partial charge in [0.1, 0.15) is 5.01 Å². The van der Waals surface area contributed by atoms with Gasteiger partial charge in [-0.3, -0.25) is 0 Å². The summed E-state index contributed by atoms with van der Waals surface area (Å²) in [5.41, 5.74) is 2.30. The summed E-state index contributed by atoms with van der Waals surface area (Å²) in [5, 5.41) is 15.9. The number of fused-ring (bicyclic) bond motifs is 2. The van der Waals surface area contributed by atoms with Crippen molar-refractivity contribution in [3.63, 3.8) is 0 Å². The number of alkyl halides is 3. The molecule has 0 saturated heterocycles. The van der Waals surface area contributed by atoms with Crippen molar-refractivity contribution in [2.24, 2.45) is 0 Å². The Bertz CT molecular complexity index is 1020. The summed E-state index contributed by atoms with van der Waals surface area (Å²) in [6.45, 7) is 1.94. The minimum atomic E-state index is -4.59. The Labute approximate surface area is 130 Å². The van der Waals surface area contributed by atoms with Crippen molar-refractivity contribution < 1.29 is 17.7 Å². The van der Waals surface area contributed by atoms with Gasteiger partial charge in [0.05, 0.1) is 5.69 Å². The highest BCUT2D eigenvalue weighted by Gasteiger charge is 2.38. The quantitative estimate of drug-likeness (QED) is 0.561. The van der Waals surface area contributed by atoms with Crippen LogP contribution in [0.4, 0.5) is 13.2 Å². The van der Waals surface area contributed by atoms with E-state index in [4.69, 9.17) is 4.52 Å². The number of hydrogen-bond donors (Lipinski definition) is 0. The van der Waals surface area contributed by atoms with Crippen molar-refractivity contribution in [1.29, 1.82) is 0 Å². The van der Waals surface area contributed by atoms with E-state index in [1.54, 1.807) is 0 Å². The minimum Gasteiger partial charge on any atom is -0.356 e. The Hall–Kier alpha value is -2.49. The summed E-state index contributed by atoms with van der Waals surface area (Å²) in [7, 11) is 0. The fourth-order valence-corrected chi connectivity index (χ4v) is 3.12. The van der Waals surface area contributed by atoms with Crippen LogP contribution in [-0.4, -0.2) is 25.0 Å². The van der Waals surface area contributed by atoms with Crippen molar-refractivity contribution in [3.8, 4) is 0 Å². The zero-order valence-electron chi connectivity index (χ0n) is 11.6. The van der Waals surface area contributed by atoms with Gasteiger partial charge in [0.25, 0.3) is 5.82 Å². The molecule has 0 N–H and O–H groups in total. The van der Waals surface area contributed by atoms with Gasteiger partial charge >= 0.3 is 6.18 Å². The SMILES string of the molecule is Cc1ccc2onc(Cc3nn4c(C(F)(F)F)nnc4s3)c2c1. The molecule has 0 amide bonds. The molecule has 0 aliphatic heterocycles. The highest BCUT2D eigenvalue weighted by molar-refractivity contribution is 7.16. The second-order valence-corrected chi connectivity index (χ2v) is 6.06. The van der Waals surface area contributed by atoms with Gasteiger partial charge in [0.15, 0.2) is 5.58 Å². The molecule has 3 heterocycles. The van der Waals surface area contributed by atoms with Gasteiger partial charge in [-0.2, -0.15) is 22.8 Å². The summed E-state index contributed by atoms with van der Waals surface area (Å²) in [6, 6.07) is 5.63. The van der Waals surface area contributed by atoms with Crippen LogP contribution in [0.2, 0.25) is 0 Å². The Balaban J connectivity index is 1.75. The van der Waals surface area contributed by atoms with Crippen LogP contribution in [0.5, 0.6) is 0 Å². The van der Waals surface area contributed by atoms with Crippen molar-refractivity contribution >= 4 is 27.3 Å². The lowest BCUT2D eigenvalue weighted by molar-refractivity contribution is -0.146. The molecule has 4 aromatic rings. The molecule has 4 rings (SSSR count). The number of aryl methyl sites for hydroxylation is 1. The van der Waals surface area contributed by atoms with Crippen molar-refractivity contribution in [3.05, 3.63) is 40.3 Å². The zero-order chi connectivity index (χ0) is 16.2. The summed E-state index contributed by atoms with van der Waals surface area (Å²) >= 11 is 1.04. The van der Waals surface area contributed by atoms with E-state index in [1.165, 1.54) is 0 Å². The van der Waals surface area contributed by atoms with Crippen LogP contribution in [0.25, 0.3) is 15.9 Å². The van der Waals surface area contributed by atoms with Gasteiger partial charge in [-0.25, -0.2) is 0 Å². The average molecular weight is 339 g/mol. The second kappa shape index (κ2) is 4.75. The molecule has 118 valence electrons. The summed E-state index contributed by atoms with van der Waals surface area (Å²) in [4.78, 5) is 0.0938. The predicted molar refractivity (Wildman–Crippen MR) is 75.2 cm³/mol. The van der Waals surface area contributed by atoms with E-state index < -0.39 is 12.0 Å². The van der Waals surface area contributed by atoms with E-state index in [9.17, 15) is 13.2 Å². The lowest BCUT2D eigenvalue weighted by Gasteiger charge is -2.00. The van der Waals surface area contributed by atoms with Crippen LogP contribution in [0.3, 0.4) is 0 Å². The van der Waals surface area contributed by atoms with Gasteiger partial charge in [-0.15, -0.1) is 10.2 Å². The first-order valence-electron chi connectivity index (χ1n) is 6.55. The maximum Gasteiger partial charge on any atom is 0.453 e. The molecule has 3 aromatic heterocycles. The standard InChI is InChI=1S/C13H8F3N5OS/c1-6-2-3-9-7(4-6)8(20-22-9)5-10-19-21-11(13(14,15)16)17-18-12(21)23-10/h2-4H,5H2,1H3. The fourth-order valence-electron chi connectivity index (χ4n) is 2.28. The zero-order valence-corrected chi connectivity index (χ0v) is 12.4. The predicted octanol–water partition coefficient (Wildman–Crippen LogP) is 3.25. The van der Waals surface area contributed by atoms with Crippen LogP contribution in [0, 0.1) is 6.92 Å². The largest absolute Gasteiger partial charge is 0.453 e. The monoisotopic (exact) mass is 339 g/mol. The maximum absolute atomic E-state index is 12.8. The smallest absolute Gasteiger partial charge is 0.356 e. The van der Waals surface area contributed by atoms with Gasteiger partial charge in [0, 0.05) is 11.8 Å². The van der Waals surface area contributed by atoms with Gasteiger partial charge in [0.2, 0.25) is 4.96 Å². The van der Waals surface area contributed by atoms with Crippen molar-refractivity contribution in [2.45, 2.75) is 19.5 Å². The molecule has 0 aliphatic carbocycles. The Morgan fingerprint density at radius 1 is 1.26 bits per heavy atom. The molecule has 10 heteroatoms. The Morgan fingerprint density at radius 2 is 2.09 bits per heavy atom. The molecule has 0 spiro atoms. The molecular weight excluding hydrogens is 331 g/mol. The topological polar surface area (TPSA) is 69.1 Å². The molecular formula is C13H8F3N5OS. The molecule has 0 aliphatic rings. The normalized spacial score (nSPS) is 12.5. The van der Waals surface area contributed by atoms with E-state index in [0.717, 1.165) is 22.3 Å². The molecule has 0 bridgehead atoms. The third-order valence-corrected chi connectivity index (χ3v) is 4.20. The van der Waals surface area contributed by atoms with E-state index in [0.29, 0.717) is 20.8 Å². The first-order valence-corrected chi connectivity index (χ1v) is 7.37. The van der Waals surface area contributed by atoms with Crippen LogP contribution < -0.4 is 0 Å². The van der Waals surface area contributed by atoms with E-state index >= 15 is 0 Å². The summed E-state index contributed by atoms with van der Waals surface area (Å²) in [5.74, 6) is -1.13. The summed E-state index contributed by atoms with van der Waals surface area (Å²) < 4.78 is 44.4. The van der Waals surface area contributed by atoms with Crippen LogP contribution in [0.15, 0.2) is 22.7 Å². The van der Waals surface area contributed by atoms with Crippen LogP contribution >= 0.6 is 11.3 Å². The Kier molecular flexibility index (Phi) is 2.92. The van der Waals surface area contributed by atoms with Crippen molar-refractivity contribution in [1.82, 2.24) is 25.0 Å². The maximum atomic E-state index is 12.8. The first kappa shape index (κ1) is 14.1. The highest BCUT2D eigenvalue weighted by Crippen LogP contribution is 2.30. The number of aromatic nitrogens is 5. The molecule has 0 radical (unpaired) electrons. The molecule has 0 saturated carbocycles. The van der Waals surface area contributed by atoms with Crippen molar-refractivity contribution in [2.75, 3.05) is 0 Å². The number of halogens is 3. The van der Waals surface area contributed by atoms with Gasteiger partial charge < -0.3 is 4.52 Å². The van der Waals surface area contributed by atoms with Gasteiger partial charge in [-0.05, 0) is 19.1 Å². The molecule has 6 nitrogen and oxygen atoms in total. The molecule has 23 heavy (non-hydrogen) atoms. The van der Waals surface area contributed by atoms with Crippen LogP contribution in [-0.2, 0) is 12.6 Å². The number of rotatable bonds is 2. The third kappa shape index (κ3) is 2.34. The fraction of sp³-hybridized carbons (Fsp3) is 0.231. The van der Waals surface area contributed by atoms with E-state index in [1.807, 2.05) is 25.1 Å². The molecule has 0 fully saturated rings. The number of nitrogens with zero attached hydrogens (tertiary/aromatic N) is 5. The third-order valence-electron chi connectivity index (χ3n) is 3.31. The highest BCUT2D eigenvalue weighted by atomic mass is 32.1. The van der Waals surface area contributed by atoms with E-state index in [-0.39, 0.29) is 11.4 Å². The number of benzene rings is 1. The second-order valence-electron chi connectivity index (χ2n) is 5.02. The van der Waals surface area contributed by atoms with Crippen LogP contribution in [0.1, 0.15) is 22.1 Å². The molecule has 1 aromatic carbocycles.